The summed E-state index contributed by atoms with van der Waals surface area (Å²) in [4.78, 5) is 30.9. The average Bonchev–Trinajstić information content (AvgIpc) is 3.00. The highest BCUT2D eigenvalue weighted by Crippen LogP contribution is 2.38. The Morgan fingerprint density at radius 2 is 1.69 bits per heavy atom. The smallest absolute Gasteiger partial charge is 0.241 e. The molecule has 1 unspecified atom stereocenters. The summed E-state index contributed by atoms with van der Waals surface area (Å²) in [5, 5.41) is 0.707. The highest BCUT2D eigenvalue weighted by Gasteiger charge is 2.27. The van der Waals surface area contributed by atoms with Crippen LogP contribution < -0.4 is 20.1 Å². The molecule has 2 N–H and O–H groups in total. The van der Waals surface area contributed by atoms with Crippen molar-refractivity contribution < 1.29 is 23.8 Å². The Balaban J connectivity index is 1.56. The fourth-order valence-electron chi connectivity index (χ4n) is 5.07. The summed E-state index contributed by atoms with van der Waals surface area (Å²) in [6.07, 6.45) is 0. The van der Waals surface area contributed by atoms with Crippen molar-refractivity contribution in [3.63, 3.8) is 0 Å². The average molecular weight is 616 g/mol. The minimum atomic E-state index is -0.560. The van der Waals surface area contributed by atoms with E-state index in [1.54, 1.807) is 49.3 Å². The molecule has 0 bridgehead atoms. The van der Waals surface area contributed by atoms with Crippen molar-refractivity contribution in [3.05, 3.63) is 76.3 Å². The van der Waals surface area contributed by atoms with Crippen molar-refractivity contribution in [1.29, 1.82) is 0 Å². The van der Waals surface area contributed by atoms with Crippen LogP contribution in [-0.2, 0) is 14.3 Å². The Labute approximate surface area is 256 Å². The molecule has 11 heteroatoms. The maximum absolute atomic E-state index is 13.5. The molecule has 1 aliphatic heterocycles. The van der Waals surface area contributed by atoms with Crippen molar-refractivity contribution in [2.45, 2.75) is 6.04 Å². The number of rotatable bonds is 12. The van der Waals surface area contributed by atoms with Gasteiger partial charge in [-0.2, -0.15) is 0 Å². The summed E-state index contributed by atoms with van der Waals surface area (Å²) >= 11 is 12.3. The first-order valence-corrected chi connectivity index (χ1v) is 14.3. The van der Waals surface area contributed by atoms with Gasteiger partial charge in [-0.15, -0.1) is 0 Å². The summed E-state index contributed by atoms with van der Waals surface area (Å²) in [5.41, 5.74) is 9.06. The van der Waals surface area contributed by atoms with Gasteiger partial charge in [0.1, 0.15) is 0 Å². The van der Waals surface area contributed by atoms with Gasteiger partial charge >= 0.3 is 0 Å². The molecule has 3 aromatic rings. The van der Waals surface area contributed by atoms with E-state index in [2.05, 4.69) is 29.2 Å². The second-order valence-corrected chi connectivity index (χ2v) is 10.8. The zero-order valence-electron chi connectivity index (χ0n) is 24.0. The number of nitrogens with zero attached hydrogens (tertiary/aromatic N) is 3. The van der Waals surface area contributed by atoms with Crippen LogP contribution in [0.1, 0.15) is 11.6 Å². The Kier molecular flexibility index (Phi) is 10.9. The molecule has 1 fully saturated rings. The molecule has 4 rings (SSSR count). The number of anilines is 1. The first-order valence-electron chi connectivity index (χ1n) is 13.6. The van der Waals surface area contributed by atoms with E-state index in [0.29, 0.717) is 47.0 Å². The fraction of sp³-hybridized carbons (Fsp3) is 0.355. The van der Waals surface area contributed by atoms with Gasteiger partial charge in [-0.3, -0.25) is 14.5 Å². The molecular formula is C31H36Cl2N4O5. The van der Waals surface area contributed by atoms with Crippen molar-refractivity contribution in [2.24, 2.45) is 5.73 Å². The third-order valence-corrected chi connectivity index (χ3v) is 8.05. The summed E-state index contributed by atoms with van der Waals surface area (Å²) in [5.74, 6) is 0.607. The van der Waals surface area contributed by atoms with Gasteiger partial charge in [0, 0.05) is 37.9 Å². The number of methoxy groups -OCH3 is 2. The standard InChI is InChI=1S/C31H36Cl2N4O5/c1-35(30(39)20-37(19-29(34)38)23-11-12-25(32)26(33)17-23)18-27(36-13-15-42-16-14-36)22-9-7-21(8-10-22)24-5-4-6-28(40-2)31(24)41-3/h4-12,17,27H,13-16,18-20H2,1-3H3,(H2,34,38). The molecule has 3 aromatic carbocycles. The van der Waals surface area contributed by atoms with Gasteiger partial charge in [-0.05, 0) is 35.4 Å². The van der Waals surface area contributed by atoms with E-state index in [0.717, 1.165) is 29.8 Å². The largest absolute Gasteiger partial charge is 0.493 e. The summed E-state index contributed by atoms with van der Waals surface area (Å²) in [6.45, 7) is 2.98. The maximum atomic E-state index is 13.5. The highest BCUT2D eigenvalue weighted by atomic mass is 35.5. The van der Waals surface area contributed by atoms with Crippen molar-refractivity contribution >= 4 is 40.7 Å². The number of primary amides is 1. The van der Waals surface area contributed by atoms with Crippen LogP contribution in [0.15, 0.2) is 60.7 Å². The van der Waals surface area contributed by atoms with Crippen LogP contribution in [0.5, 0.6) is 11.5 Å². The monoisotopic (exact) mass is 614 g/mol. The summed E-state index contributed by atoms with van der Waals surface area (Å²) < 4.78 is 16.7. The number of hydrogen-bond acceptors (Lipinski definition) is 7. The van der Waals surface area contributed by atoms with Crippen LogP contribution in [0.4, 0.5) is 5.69 Å². The second kappa shape index (κ2) is 14.6. The summed E-state index contributed by atoms with van der Waals surface area (Å²) in [7, 11) is 5.01. The van der Waals surface area contributed by atoms with E-state index in [9.17, 15) is 9.59 Å². The van der Waals surface area contributed by atoms with Crippen LogP contribution in [0.25, 0.3) is 11.1 Å². The molecule has 1 aliphatic rings. The third-order valence-electron chi connectivity index (χ3n) is 7.31. The Morgan fingerprint density at radius 1 is 0.976 bits per heavy atom. The molecule has 0 saturated carbocycles. The number of hydrogen-bond donors (Lipinski definition) is 1. The normalized spacial score (nSPS) is 14.2. The third kappa shape index (κ3) is 7.66. The predicted molar refractivity (Wildman–Crippen MR) is 166 cm³/mol. The summed E-state index contributed by atoms with van der Waals surface area (Å²) in [6, 6.07) is 19.0. The van der Waals surface area contributed by atoms with Crippen molar-refractivity contribution in [2.75, 3.05) is 72.1 Å². The van der Waals surface area contributed by atoms with Crippen LogP contribution in [0.3, 0.4) is 0 Å². The molecular weight excluding hydrogens is 579 g/mol. The molecule has 0 spiro atoms. The fourth-order valence-corrected chi connectivity index (χ4v) is 5.37. The van der Waals surface area contributed by atoms with Crippen molar-refractivity contribution in [3.8, 4) is 22.6 Å². The minimum Gasteiger partial charge on any atom is -0.493 e. The maximum Gasteiger partial charge on any atom is 0.241 e. The molecule has 9 nitrogen and oxygen atoms in total. The van der Waals surface area contributed by atoms with Gasteiger partial charge in [-0.25, -0.2) is 0 Å². The number of carbonyl (C=O) groups is 2. The number of amides is 2. The van der Waals surface area contributed by atoms with E-state index in [1.807, 2.05) is 18.2 Å². The lowest BCUT2D eigenvalue weighted by atomic mass is 9.98. The van der Waals surface area contributed by atoms with E-state index < -0.39 is 5.91 Å². The van der Waals surface area contributed by atoms with Gasteiger partial charge in [0.2, 0.25) is 11.8 Å². The predicted octanol–water partition coefficient (Wildman–Crippen LogP) is 4.50. The van der Waals surface area contributed by atoms with Gasteiger partial charge in [-0.1, -0.05) is 59.6 Å². The minimum absolute atomic E-state index is 0.0538. The Hall–Kier alpha value is -3.50. The Bertz CT molecular complexity index is 1380. The topological polar surface area (TPSA) is 97.6 Å². The molecule has 0 radical (unpaired) electrons. The molecule has 0 aliphatic carbocycles. The molecule has 1 saturated heterocycles. The molecule has 0 aromatic heterocycles. The first kappa shape index (κ1) is 31.4. The Morgan fingerprint density at radius 3 is 2.31 bits per heavy atom. The number of likely N-dealkylation sites (N-methyl/N-ethyl adjacent to an activating group) is 1. The first-order chi connectivity index (χ1) is 20.2. The highest BCUT2D eigenvalue weighted by molar-refractivity contribution is 6.42. The number of halogens is 2. The van der Waals surface area contributed by atoms with Gasteiger partial charge in [0.25, 0.3) is 0 Å². The van der Waals surface area contributed by atoms with E-state index >= 15 is 0 Å². The lowest BCUT2D eigenvalue weighted by Crippen LogP contribution is -2.47. The van der Waals surface area contributed by atoms with Crippen LogP contribution >= 0.6 is 23.2 Å². The molecule has 2 amide bonds. The van der Waals surface area contributed by atoms with Crippen LogP contribution in [0, 0.1) is 0 Å². The van der Waals surface area contributed by atoms with Gasteiger partial charge in [0.05, 0.1) is 56.6 Å². The van der Waals surface area contributed by atoms with E-state index in [1.165, 1.54) is 0 Å². The van der Waals surface area contributed by atoms with E-state index in [-0.39, 0.29) is 25.0 Å². The molecule has 42 heavy (non-hydrogen) atoms. The zero-order chi connectivity index (χ0) is 30.2. The number of para-hydroxylation sites is 1. The lowest BCUT2D eigenvalue weighted by Gasteiger charge is -2.37. The molecule has 1 heterocycles. The zero-order valence-corrected chi connectivity index (χ0v) is 25.5. The number of carbonyl (C=O) groups excluding carboxylic acids is 2. The number of benzene rings is 3. The second-order valence-electron chi connectivity index (χ2n) is 10.0. The van der Waals surface area contributed by atoms with E-state index in [4.69, 9.17) is 43.1 Å². The van der Waals surface area contributed by atoms with Crippen molar-refractivity contribution in [1.82, 2.24) is 9.80 Å². The molecule has 1 atom stereocenters. The quantitative estimate of drug-likeness (QED) is 0.321. The van der Waals surface area contributed by atoms with Crippen LogP contribution in [-0.4, -0.2) is 88.8 Å². The number of nitrogens with two attached hydrogens (primary N) is 1. The lowest BCUT2D eigenvalue weighted by molar-refractivity contribution is -0.129. The van der Waals surface area contributed by atoms with Gasteiger partial charge in [0.15, 0.2) is 11.5 Å². The number of morpholine rings is 1. The van der Waals surface area contributed by atoms with Crippen LogP contribution in [0.2, 0.25) is 10.0 Å². The molecule has 224 valence electrons. The SMILES string of the molecule is COc1cccc(-c2ccc(C(CN(C)C(=O)CN(CC(N)=O)c3ccc(Cl)c(Cl)c3)N3CCOCC3)cc2)c1OC. The van der Waals surface area contributed by atoms with Gasteiger partial charge < -0.3 is 29.7 Å². The number of ether oxygens (including phenoxy) is 3.